The van der Waals surface area contributed by atoms with E-state index in [1.165, 1.54) is 0 Å². The van der Waals surface area contributed by atoms with Gasteiger partial charge < -0.3 is 5.32 Å². The summed E-state index contributed by atoms with van der Waals surface area (Å²) in [7, 11) is 0. The Morgan fingerprint density at radius 1 is 1.62 bits per heavy atom. The van der Waals surface area contributed by atoms with Crippen LogP contribution in [0.15, 0.2) is 37.1 Å². The van der Waals surface area contributed by atoms with Crippen molar-refractivity contribution in [1.29, 1.82) is 0 Å². The van der Waals surface area contributed by atoms with E-state index in [4.69, 9.17) is 0 Å². The van der Waals surface area contributed by atoms with Crippen LogP contribution in [0.1, 0.15) is 25.1 Å². The molecule has 13 heavy (non-hydrogen) atoms. The van der Waals surface area contributed by atoms with Gasteiger partial charge in [-0.2, -0.15) is 0 Å². The van der Waals surface area contributed by atoms with Crippen LogP contribution < -0.4 is 5.32 Å². The molecule has 1 unspecified atom stereocenters. The fraction of sp³-hybridized carbons (Fsp3) is 0.364. The predicted molar refractivity (Wildman–Crippen MR) is 55.5 cm³/mol. The van der Waals surface area contributed by atoms with Gasteiger partial charge in [0.1, 0.15) is 0 Å². The molecule has 1 aromatic heterocycles. The Kier molecular flexibility index (Phi) is 4.19. The number of nitrogens with zero attached hydrogens (tertiary/aromatic N) is 1. The number of aromatic nitrogens is 1. The highest BCUT2D eigenvalue weighted by Crippen LogP contribution is 2.13. The molecular weight excluding hydrogens is 160 g/mol. The van der Waals surface area contributed by atoms with Crippen molar-refractivity contribution in [1.82, 2.24) is 10.3 Å². The zero-order chi connectivity index (χ0) is 9.52. The second-order valence-corrected chi connectivity index (χ2v) is 2.89. The van der Waals surface area contributed by atoms with Crippen LogP contribution in [0.2, 0.25) is 0 Å². The molecule has 0 fully saturated rings. The number of hydrogen-bond acceptors (Lipinski definition) is 2. The Balaban J connectivity index is 2.69. The first-order valence-corrected chi connectivity index (χ1v) is 4.63. The molecule has 1 heterocycles. The summed E-state index contributed by atoms with van der Waals surface area (Å²) >= 11 is 0. The molecule has 1 atom stereocenters. The molecule has 2 heteroatoms. The standard InChI is InChI=1S/C11H16N2/c1-3-7-10(12-4-2)11-8-5-6-9-13-11/h3,5-6,8-10,12H,1,4,7H2,2H3. The molecule has 0 bridgehead atoms. The molecule has 0 saturated heterocycles. The van der Waals surface area contributed by atoms with Gasteiger partial charge in [0.2, 0.25) is 0 Å². The van der Waals surface area contributed by atoms with Crippen molar-refractivity contribution in [2.24, 2.45) is 0 Å². The molecule has 1 rings (SSSR count). The van der Waals surface area contributed by atoms with Gasteiger partial charge in [-0.05, 0) is 25.1 Å². The SMILES string of the molecule is C=CCC(NCC)c1ccccn1. The molecule has 70 valence electrons. The van der Waals surface area contributed by atoms with Gasteiger partial charge in [-0.3, -0.25) is 4.98 Å². The normalized spacial score (nSPS) is 12.4. The van der Waals surface area contributed by atoms with Gasteiger partial charge in [-0.25, -0.2) is 0 Å². The molecule has 0 aromatic carbocycles. The van der Waals surface area contributed by atoms with Crippen molar-refractivity contribution in [2.45, 2.75) is 19.4 Å². The minimum absolute atomic E-state index is 0.309. The summed E-state index contributed by atoms with van der Waals surface area (Å²) in [6, 6.07) is 6.29. The minimum atomic E-state index is 0.309. The number of nitrogens with one attached hydrogen (secondary N) is 1. The molecule has 1 N–H and O–H groups in total. The third kappa shape index (κ3) is 2.99. The molecular formula is C11H16N2. The number of hydrogen-bond donors (Lipinski definition) is 1. The van der Waals surface area contributed by atoms with Crippen LogP contribution in [-0.2, 0) is 0 Å². The molecule has 0 aliphatic heterocycles. The summed E-state index contributed by atoms with van der Waals surface area (Å²) in [5.41, 5.74) is 1.09. The number of pyridine rings is 1. The van der Waals surface area contributed by atoms with E-state index in [2.05, 4.69) is 23.8 Å². The molecule has 0 aliphatic rings. The summed E-state index contributed by atoms with van der Waals surface area (Å²) in [5.74, 6) is 0. The highest BCUT2D eigenvalue weighted by molar-refractivity contribution is 5.09. The van der Waals surface area contributed by atoms with Crippen LogP contribution >= 0.6 is 0 Å². The van der Waals surface area contributed by atoms with E-state index in [1.54, 1.807) is 0 Å². The highest BCUT2D eigenvalue weighted by Gasteiger charge is 2.07. The molecule has 1 aromatic rings. The number of rotatable bonds is 5. The third-order valence-corrected chi connectivity index (χ3v) is 1.90. The average molecular weight is 176 g/mol. The third-order valence-electron chi connectivity index (χ3n) is 1.90. The zero-order valence-corrected chi connectivity index (χ0v) is 8.03. The Morgan fingerprint density at radius 2 is 2.46 bits per heavy atom. The van der Waals surface area contributed by atoms with Gasteiger partial charge in [0.25, 0.3) is 0 Å². The van der Waals surface area contributed by atoms with Crippen LogP contribution in [0.25, 0.3) is 0 Å². The fourth-order valence-corrected chi connectivity index (χ4v) is 1.30. The minimum Gasteiger partial charge on any atom is -0.309 e. The smallest absolute Gasteiger partial charge is 0.0576 e. The maximum atomic E-state index is 4.31. The first-order chi connectivity index (χ1) is 6.38. The van der Waals surface area contributed by atoms with Gasteiger partial charge >= 0.3 is 0 Å². The monoisotopic (exact) mass is 176 g/mol. The van der Waals surface area contributed by atoms with E-state index >= 15 is 0 Å². The van der Waals surface area contributed by atoms with Crippen molar-refractivity contribution in [3.05, 3.63) is 42.7 Å². The van der Waals surface area contributed by atoms with E-state index in [-0.39, 0.29) is 0 Å². The second-order valence-electron chi connectivity index (χ2n) is 2.89. The summed E-state index contributed by atoms with van der Waals surface area (Å²) in [6.07, 6.45) is 4.66. The first-order valence-electron chi connectivity index (χ1n) is 4.63. The highest BCUT2D eigenvalue weighted by atomic mass is 14.9. The molecule has 0 amide bonds. The van der Waals surface area contributed by atoms with Gasteiger partial charge in [-0.15, -0.1) is 6.58 Å². The summed E-state index contributed by atoms with van der Waals surface area (Å²) in [6.45, 7) is 6.79. The lowest BCUT2D eigenvalue weighted by molar-refractivity contribution is 0.545. The lowest BCUT2D eigenvalue weighted by Gasteiger charge is -2.14. The quantitative estimate of drug-likeness (QED) is 0.696. The van der Waals surface area contributed by atoms with Crippen molar-refractivity contribution in [3.8, 4) is 0 Å². The summed E-state index contributed by atoms with van der Waals surface area (Å²) < 4.78 is 0. The molecule has 0 aliphatic carbocycles. The van der Waals surface area contributed by atoms with Gasteiger partial charge in [0.15, 0.2) is 0 Å². The van der Waals surface area contributed by atoms with Gasteiger partial charge in [0, 0.05) is 6.20 Å². The van der Waals surface area contributed by atoms with Crippen molar-refractivity contribution < 1.29 is 0 Å². The average Bonchev–Trinajstić information content (AvgIpc) is 2.19. The van der Waals surface area contributed by atoms with E-state index in [0.717, 1.165) is 18.7 Å². The van der Waals surface area contributed by atoms with Crippen LogP contribution in [0.4, 0.5) is 0 Å². The summed E-state index contributed by atoms with van der Waals surface area (Å²) in [5, 5.41) is 3.37. The fourth-order valence-electron chi connectivity index (χ4n) is 1.30. The predicted octanol–water partition coefficient (Wildman–Crippen LogP) is 2.31. The molecule has 2 nitrogen and oxygen atoms in total. The molecule has 0 saturated carbocycles. The first kappa shape index (κ1) is 9.93. The topological polar surface area (TPSA) is 24.9 Å². The van der Waals surface area contributed by atoms with Crippen molar-refractivity contribution in [2.75, 3.05) is 6.54 Å². The van der Waals surface area contributed by atoms with Crippen molar-refractivity contribution >= 4 is 0 Å². The van der Waals surface area contributed by atoms with Crippen LogP contribution in [0.3, 0.4) is 0 Å². The van der Waals surface area contributed by atoms with Crippen LogP contribution in [0.5, 0.6) is 0 Å². The Labute approximate surface area is 79.7 Å². The Bertz CT molecular complexity index is 244. The second kappa shape index (κ2) is 5.49. The lowest BCUT2D eigenvalue weighted by Crippen LogP contribution is -2.21. The summed E-state index contributed by atoms with van der Waals surface area (Å²) in [4.78, 5) is 4.31. The van der Waals surface area contributed by atoms with Crippen LogP contribution in [0, 0.1) is 0 Å². The largest absolute Gasteiger partial charge is 0.309 e. The Hall–Kier alpha value is -1.15. The van der Waals surface area contributed by atoms with E-state index in [1.807, 2.05) is 30.5 Å². The van der Waals surface area contributed by atoms with Gasteiger partial charge in [0.05, 0.1) is 11.7 Å². The van der Waals surface area contributed by atoms with E-state index in [0.29, 0.717) is 6.04 Å². The maximum Gasteiger partial charge on any atom is 0.0576 e. The Morgan fingerprint density at radius 3 is 3.00 bits per heavy atom. The molecule has 0 spiro atoms. The van der Waals surface area contributed by atoms with E-state index < -0.39 is 0 Å². The lowest BCUT2D eigenvalue weighted by atomic mass is 10.1. The van der Waals surface area contributed by atoms with Crippen LogP contribution in [-0.4, -0.2) is 11.5 Å². The molecule has 0 radical (unpaired) electrons. The zero-order valence-electron chi connectivity index (χ0n) is 8.03. The van der Waals surface area contributed by atoms with Crippen molar-refractivity contribution in [3.63, 3.8) is 0 Å². The van der Waals surface area contributed by atoms with E-state index in [9.17, 15) is 0 Å². The maximum absolute atomic E-state index is 4.31. The van der Waals surface area contributed by atoms with Gasteiger partial charge in [-0.1, -0.05) is 19.1 Å².